The van der Waals surface area contributed by atoms with Crippen LogP contribution >= 0.6 is 11.3 Å². The van der Waals surface area contributed by atoms with Gasteiger partial charge in [-0.05, 0) is 49.7 Å². The van der Waals surface area contributed by atoms with Gasteiger partial charge in [0, 0.05) is 4.88 Å². The molecule has 2 unspecified atom stereocenters. The fourth-order valence-electron chi connectivity index (χ4n) is 2.59. The topological polar surface area (TPSA) is 66.4 Å². The molecule has 1 aromatic heterocycles. The van der Waals surface area contributed by atoms with Crippen molar-refractivity contribution < 1.29 is 14.7 Å². The number of carboxylic acids is 1. The fourth-order valence-corrected chi connectivity index (χ4v) is 3.70. The van der Waals surface area contributed by atoms with E-state index in [1.165, 1.54) is 21.8 Å². The summed E-state index contributed by atoms with van der Waals surface area (Å²) in [5.74, 6) is -0.624. The summed E-state index contributed by atoms with van der Waals surface area (Å²) in [6.45, 7) is 5.80. The molecule has 0 radical (unpaired) electrons. The number of nitrogens with one attached hydrogen (secondary N) is 1. The van der Waals surface area contributed by atoms with E-state index in [9.17, 15) is 9.59 Å². The average molecular weight is 307 g/mol. The summed E-state index contributed by atoms with van der Waals surface area (Å²) in [5, 5.41) is 11.8. The minimum absolute atomic E-state index is 0.279. The molecule has 5 heteroatoms. The van der Waals surface area contributed by atoms with E-state index >= 15 is 0 Å². The van der Waals surface area contributed by atoms with Gasteiger partial charge in [0.15, 0.2) is 0 Å². The molecule has 1 aromatic rings. The van der Waals surface area contributed by atoms with Crippen LogP contribution in [0.5, 0.6) is 0 Å². The molecule has 1 aliphatic rings. The number of amides is 1. The Balaban J connectivity index is 2.05. The van der Waals surface area contributed by atoms with Crippen molar-refractivity contribution >= 4 is 23.2 Å². The summed E-state index contributed by atoms with van der Waals surface area (Å²) in [6, 6.07) is 1.07. The number of carbonyl (C=O) groups excluding carboxylic acids is 1. The fraction of sp³-hybridized carbons (Fsp3) is 0.500. The quantitative estimate of drug-likeness (QED) is 0.794. The van der Waals surface area contributed by atoms with Crippen LogP contribution in [0.4, 0.5) is 0 Å². The Hall–Kier alpha value is -1.62. The van der Waals surface area contributed by atoms with Gasteiger partial charge in [0.2, 0.25) is 0 Å². The number of allylic oxidation sites excluding steroid dienone is 1. The van der Waals surface area contributed by atoms with E-state index in [1.807, 2.05) is 6.07 Å². The second-order valence-corrected chi connectivity index (χ2v) is 6.77. The van der Waals surface area contributed by atoms with Crippen LogP contribution in [0.15, 0.2) is 18.7 Å². The van der Waals surface area contributed by atoms with Gasteiger partial charge in [0.05, 0.1) is 4.88 Å². The van der Waals surface area contributed by atoms with Crippen LogP contribution in [0.2, 0.25) is 0 Å². The Morgan fingerprint density at radius 1 is 1.62 bits per heavy atom. The van der Waals surface area contributed by atoms with Gasteiger partial charge >= 0.3 is 5.97 Å². The SMILES string of the molecule is C=CCCC(NC(=O)c1cc2c(s1)CCC(C)C2)C(=O)O. The third-order valence-electron chi connectivity index (χ3n) is 3.82. The van der Waals surface area contributed by atoms with Gasteiger partial charge in [0.1, 0.15) is 6.04 Å². The minimum Gasteiger partial charge on any atom is -0.480 e. The molecule has 2 N–H and O–H groups in total. The van der Waals surface area contributed by atoms with E-state index in [2.05, 4.69) is 18.8 Å². The highest BCUT2D eigenvalue weighted by atomic mass is 32.1. The highest BCUT2D eigenvalue weighted by molar-refractivity contribution is 7.14. The molecule has 0 bridgehead atoms. The van der Waals surface area contributed by atoms with Crippen LogP contribution in [-0.4, -0.2) is 23.0 Å². The Bertz CT molecular complexity index is 550. The predicted octanol–water partition coefficient (Wildman–Crippen LogP) is 3.02. The summed E-state index contributed by atoms with van der Waals surface area (Å²) in [5.41, 5.74) is 1.25. The zero-order chi connectivity index (χ0) is 15.4. The van der Waals surface area contributed by atoms with E-state index < -0.39 is 12.0 Å². The first-order valence-corrected chi connectivity index (χ1v) is 8.09. The molecule has 2 atom stereocenters. The monoisotopic (exact) mass is 307 g/mol. The highest BCUT2D eigenvalue weighted by Crippen LogP contribution is 2.32. The molecule has 1 amide bonds. The van der Waals surface area contributed by atoms with E-state index in [0.29, 0.717) is 23.6 Å². The maximum Gasteiger partial charge on any atom is 0.326 e. The van der Waals surface area contributed by atoms with Crippen molar-refractivity contribution in [3.8, 4) is 0 Å². The summed E-state index contributed by atoms with van der Waals surface area (Å²) < 4.78 is 0. The lowest BCUT2D eigenvalue weighted by Gasteiger charge is -2.16. The zero-order valence-corrected chi connectivity index (χ0v) is 13.0. The molecule has 4 nitrogen and oxygen atoms in total. The molecule has 0 fully saturated rings. The van der Waals surface area contributed by atoms with Crippen LogP contribution in [0, 0.1) is 5.92 Å². The largest absolute Gasteiger partial charge is 0.480 e. The van der Waals surface area contributed by atoms with E-state index in [-0.39, 0.29) is 5.91 Å². The summed E-state index contributed by atoms with van der Waals surface area (Å²) in [4.78, 5) is 25.3. The first-order valence-electron chi connectivity index (χ1n) is 7.27. The Morgan fingerprint density at radius 3 is 3.05 bits per heavy atom. The number of hydrogen-bond donors (Lipinski definition) is 2. The summed E-state index contributed by atoms with van der Waals surface area (Å²) in [7, 11) is 0. The molecule has 114 valence electrons. The highest BCUT2D eigenvalue weighted by Gasteiger charge is 2.24. The Labute approximate surface area is 128 Å². The van der Waals surface area contributed by atoms with Gasteiger partial charge in [-0.15, -0.1) is 17.9 Å². The van der Waals surface area contributed by atoms with Gasteiger partial charge in [-0.2, -0.15) is 0 Å². The Kier molecular flexibility index (Phi) is 5.17. The normalized spacial score (nSPS) is 18.6. The lowest BCUT2D eigenvalue weighted by atomic mass is 9.90. The van der Waals surface area contributed by atoms with Gasteiger partial charge in [0.25, 0.3) is 5.91 Å². The van der Waals surface area contributed by atoms with E-state index in [0.717, 1.165) is 19.3 Å². The number of thiophene rings is 1. The van der Waals surface area contributed by atoms with Crippen LogP contribution in [0.3, 0.4) is 0 Å². The van der Waals surface area contributed by atoms with E-state index in [4.69, 9.17) is 5.11 Å². The van der Waals surface area contributed by atoms with Gasteiger partial charge in [-0.1, -0.05) is 13.0 Å². The maximum absolute atomic E-state index is 12.2. The van der Waals surface area contributed by atoms with Gasteiger partial charge in [-0.3, -0.25) is 4.79 Å². The average Bonchev–Trinajstić information content (AvgIpc) is 2.85. The lowest BCUT2D eigenvalue weighted by molar-refractivity contribution is -0.139. The molecule has 1 aliphatic carbocycles. The molecule has 1 heterocycles. The van der Waals surface area contributed by atoms with Crippen molar-refractivity contribution in [1.82, 2.24) is 5.32 Å². The summed E-state index contributed by atoms with van der Waals surface area (Å²) >= 11 is 1.50. The predicted molar refractivity (Wildman–Crippen MR) is 83.8 cm³/mol. The second-order valence-electron chi connectivity index (χ2n) is 5.64. The maximum atomic E-state index is 12.2. The van der Waals surface area contributed by atoms with Crippen molar-refractivity contribution in [3.05, 3.63) is 34.0 Å². The van der Waals surface area contributed by atoms with Crippen molar-refractivity contribution in [2.24, 2.45) is 5.92 Å². The van der Waals surface area contributed by atoms with Crippen molar-refractivity contribution in [1.29, 1.82) is 0 Å². The van der Waals surface area contributed by atoms with Crippen LogP contribution < -0.4 is 5.32 Å². The second kappa shape index (κ2) is 6.89. The third-order valence-corrected chi connectivity index (χ3v) is 5.05. The van der Waals surface area contributed by atoms with Crippen LogP contribution in [0.25, 0.3) is 0 Å². The van der Waals surface area contributed by atoms with E-state index in [1.54, 1.807) is 6.08 Å². The first-order chi connectivity index (χ1) is 10.0. The van der Waals surface area contributed by atoms with Gasteiger partial charge in [-0.25, -0.2) is 4.79 Å². The molecule has 2 rings (SSSR count). The number of rotatable bonds is 6. The third kappa shape index (κ3) is 3.94. The number of carboxylic acid groups (broad SMARTS) is 1. The van der Waals surface area contributed by atoms with Crippen molar-refractivity contribution in [3.63, 3.8) is 0 Å². The molecule has 0 aliphatic heterocycles. The van der Waals surface area contributed by atoms with Gasteiger partial charge < -0.3 is 10.4 Å². The van der Waals surface area contributed by atoms with Crippen LogP contribution in [0.1, 0.15) is 46.3 Å². The number of fused-ring (bicyclic) bond motifs is 1. The molecule has 0 aromatic carbocycles. The smallest absolute Gasteiger partial charge is 0.326 e. The van der Waals surface area contributed by atoms with Crippen LogP contribution in [-0.2, 0) is 17.6 Å². The molecular formula is C16H21NO3S. The number of aryl methyl sites for hydroxylation is 1. The summed E-state index contributed by atoms with van der Waals surface area (Å²) in [6.07, 6.45) is 5.78. The molecular weight excluding hydrogens is 286 g/mol. The number of hydrogen-bond acceptors (Lipinski definition) is 3. The first kappa shape index (κ1) is 15.8. The molecule has 21 heavy (non-hydrogen) atoms. The molecule has 0 spiro atoms. The Morgan fingerprint density at radius 2 is 2.38 bits per heavy atom. The zero-order valence-electron chi connectivity index (χ0n) is 12.2. The molecule has 0 saturated heterocycles. The minimum atomic E-state index is -1.000. The van der Waals surface area contributed by atoms with Crippen molar-refractivity contribution in [2.45, 2.75) is 45.1 Å². The standard InChI is InChI=1S/C16H21NO3S/c1-3-4-5-12(16(19)20)17-15(18)14-9-11-8-10(2)6-7-13(11)21-14/h3,9-10,12H,1,4-8H2,2H3,(H,17,18)(H,19,20). The van der Waals surface area contributed by atoms with Crippen molar-refractivity contribution in [2.75, 3.05) is 0 Å². The number of aliphatic carboxylic acids is 1. The lowest BCUT2D eigenvalue weighted by Crippen LogP contribution is -2.40. The number of carbonyl (C=O) groups is 2. The molecule has 0 saturated carbocycles.